The molecule has 0 bridgehead atoms. The third-order valence-corrected chi connectivity index (χ3v) is 4.25. The Hall–Kier alpha value is -1.65. The van der Waals surface area contributed by atoms with Crippen LogP contribution in [0.25, 0.3) is 5.69 Å². The van der Waals surface area contributed by atoms with Gasteiger partial charge >= 0.3 is 0 Å². The summed E-state index contributed by atoms with van der Waals surface area (Å²) in [5, 5.41) is 7.98. The Bertz CT molecular complexity index is 541. The highest BCUT2D eigenvalue weighted by Gasteiger charge is 2.19. The molecule has 1 aliphatic heterocycles. The summed E-state index contributed by atoms with van der Waals surface area (Å²) in [7, 11) is 2.04. The zero-order valence-electron chi connectivity index (χ0n) is 12.7. The Balaban J connectivity index is 1.56. The number of rotatable bonds is 5. The molecule has 0 saturated carbocycles. The Morgan fingerprint density at radius 3 is 2.62 bits per heavy atom. The van der Waals surface area contributed by atoms with Gasteiger partial charge < -0.3 is 5.32 Å². The van der Waals surface area contributed by atoms with Gasteiger partial charge in [0.15, 0.2) is 0 Å². The minimum absolute atomic E-state index is 0.841. The first-order valence-electron chi connectivity index (χ1n) is 7.82. The summed E-state index contributed by atoms with van der Waals surface area (Å²) in [5.74, 6) is 0.841. The molecule has 1 aromatic carbocycles. The lowest BCUT2D eigenvalue weighted by Gasteiger charge is -2.31. The molecule has 4 heteroatoms. The second-order valence-electron chi connectivity index (χ2n) is 5.86. The molecule has 3 rings (SSSR count). The summed E-state index contributed by atoms with van der Waals surface area (Å²) in [4.78, 5) is 2.52. The van der Waals surface area contributed by atoms with E-state index in [1.54, 1.807) is 0 Å². The first-order chi connectivity index (χ1) is 10.3. The SMILES string of the molecule is CNCC1CCN(Cc2ccn(-c3ccccc3)n2)CC1. The minimum Gasteiger partial charge on any atom is -0.319 e. The molecule has 1 saturated heterocycles. The van der Waals surface area contributed by atoms with E-state index >= 15 is 0 Å². The minimum atomic E-state index is 0.841. The first-order valence-corrected chi connectivity index (χ1v) is 7.82. The van der Waals surface area contributed by atoms with E-state index in [2.05, 4.69) is 34.6 Å². The van der Waals surface area contributed by atoms with E-state index in [4.69, 9.17) is 5.10 Å². The molecule has 21 heavy (non-hydrogen) atoms. The van der Waals surface area contributed by atoms with Crippen molar-refractivity contribution in [1.29, 1.82) is 0 Å². The van der Waals surface area contributed by atoms with E-state index in [9.17, 15) is 0 Å². The largest absolute Gasteiger partial charge is 0.319 e. The van der Waals surface area contributed by atoms with Crippen molar-refractivity contribution in [2.75, 3.05) is 26.7 Å². The molecular weight excluding hydrogens is 260 g/mol. The van der Waals surface area contributed by atoms with Gasteiger partial charge in [0.05, 0.1) is 11.4 Å². The lowest BCUT2D eigenvalue weighted by molar-refractivity contribution is 0.175. The van der Waals surface area contributed by atoms with Gasteiger partial charge in [0.2, 0.25) is 0 Å². The zero-order chi connectivity index (χ0) is 14.5. The van der Waals surface area contributed by atoms with Crippen molar-refractivity contribution in [2.45, 2.75) is 19.4 Å². The number of nitrogens with zero attached hydrogens (tertiary/aromatic N) is 3. The molecule has 1 aromatic heterocycles. The van der Waals surface area contributed by atoms with Crippen LogP contribution in [-0.2, 0) is 6.54 Å². The van der Waals surface area contributed by atoms with Gasteiger partial charge in [-0.1, -0.05) is 18.2 Å². The van der Waals surface area contributed by atoms with Crippen LogP contribution in [-0.4, -0.2) is 41.4 Å². The number of aromatic nitrogens is 2. The highest BCUT2D eigenvalue weighted by atomic mass is 15.3. The molecule has 112 valence electrons. The second-order valence-corrected chi connectivity index (χ2v) is 5.86. The van der Waals surface area contributed by atoms with Crippen molar-refractivity contribution in [3.05, 3.63) is 48.3 Å². The molecule has 1 aliphatic rings. The standard InChI is InChI=1S/C17H24N4/c1-18-13-15-7-10-20(11-8-15)14-16-9-12-21(19-16)17-5-3-2-4-6-17/h2-6,9,12,15,18H,7-8,10-11,13-14H2,1H3. The van der Waals surface area contributed by atoms with Gasteiger partial charge in [0.25, 0.3) is 0 Å². The lowest BCUT2D eigenvalue weighted by atomic mass is 9.97. The van der Waals surface area contributed by atoms with Crippen molar-refractivity contribution in [3.63, 3.8) is 0 Å². The van der Waals surface area contributed by atoms with Gasteiger partial charge in [0.1, 0.15) is 0 Å². The summed E-state index contributed by atoms with van der Waals surface area (Å²) in [6.07, 6.45) is 4.64. The number of para-hydroxylation sites is 1. The van der Waals surface area contributed by atoms with Crippen molar-refractivity contribution in [2.24, 2.45) is 5.92 Å². The van der Waals surface area contributed by atoms with Crippen molar-refractivity contribution in [1.82, 2.24) is 20.0 Å². The molecule has 0 unspecified atom stereocenters. The maximum Gasteiger partial charge on any atom is 0.0769 e. The quantitative estimate of drug-likeness (QED) is 0.914. The van der Waals surface area contributed by atoms with Crippen LogP contribution >= 0.6 is 0 Å². The number of likely N-dealkylation sites (tertiary alicyclic amines) is 1. The predicted molar refractivity (Wildman–Crippen MR) is 85.5 cm³/mol. The Kier molecular flexibility index (Phi) is 4.68. The van der Waals surface area contributed by atoms with Crippen LogP contribution in [0.15, 0.2) is 42.6 Å². The fraction of sp³-hybridized carbons (Fsp3) is 0.471. The molecule has 0 aliphatic carbocycles. The first kappa shape index (κ1) is 14.3. The van der Waals surface area contributed by atoms with E-state index < -0.39 is 0 Å². The highest BCUT2D eigenvalue weighted by molar-refractivity contribution is 5.30. The molecule has 1 N–H and O–H groups in total. The van der Waals surface area contributed by atoms with Crippen LogP contribution < -0.4 is 5.32 Å². The van der Waals surface area contributed by atoms with Crippen LogP contribution in [0.3, 0.4) is 0 Å². The second kappa shape index (κ2) is 6.87. The number of hydrogen-bond acceptors (Lipinski definition) is 3. The van der Waals surface area contributed by atoms with Crippen LogP contribution in [0.5, 0.6) is 0 Å². The molecule has 0 radical (unpaired) electrons. The van der Waals surface area contributed by atoms with Gasteiger partial charge in [-0.15, -0.1) is 0 Å². The third-order valence-electron chi connectivity index (χ3n) is 4.25. The normalized spacial score (nSPS) is 17.2. The maximum absolute atomic E-state index is 4.69. The number of benzene rings is 1. The third kappa shape index (κ3) is 3.71. The van der Waals surface area contributed by atoms with Crippen LogP contribution in [0.2, 0.25) is 0 Å². The van der Waals surface area contributed by atoms with Crippen LogP contribution in [0, 0.1) is 5.92 Å². The number of hydrogen-bond donors (Lipinski definition) is 1. The monoisotopic (exact) mass is 284 g/mol. The summed E-state index contributed by atoms with van der Waals surface area (Å²) in [6, 6.07) is 12.4. The molecule has 4 nitrogen and oxygen atoms in total. The van der Waals surface area contributed by atoms with Gasteiger partial charge in [-0.3, -0.25) is 4.90 Å². The van der Waals surface area contributed by atoms with Gasteiger partial charge in [-0.05, 0) is 63.6 Å². The lowest BCUT2D eigenvalue weighted by Crippen LogP contribution is -2.36. The molecule has 0 atom stereocenters. The average molecular weight is 284 g/mol. The molecule has 2 heterocycles. The van der Waals surface area contributed by atoms with Crippen LogP contribution in [0.4, 0.5) is 0 Å². The fourth-order valence-corrected chi connectivity index (χ4v) is 3.04. The van der Waals surface area contributed by atoms with Crippen molar-refractivity contribution >= 4 is 0 Å². The Morgan fingerprint density at radius 2 is 1.90 bits per heavy atom. The number of nitrogens with one attached hydrogen (secondary N) is 1. The predicted octanol–water partition coefficient (Wildman–Crippen LogP) is 2.30. The summed E-state index contributed by atoms with van der Waals surface area (Å²) >= 11 is 0. The smallest absolute Gasteiger partial charge is 0.0769 e. The topological polar surface area (TPSA) is 33.1 Å². The maximum atomic E-state index is 4.69. The molecule has 0 amide bonds. The fourth-order valence-electron chi connectivity index (χ4n) is 3.04. The van der Waals surface area contributed by atoms with Gasteiger partial charge in [-0.2, -0.15) is 5.10 Å². The van der Waals surface area contributed by atoms with Crippen LogP contribution in [0.1, 0.15) is 18.5 Å². The van der Waals surface area contributed by atoms with E-state index in [-0.39, 0.29) is 0 Å². The van der Waals surface area contributed by atoms with Crippen molar-refractivity contribution < 1.29 is 0 Å². The summed E-state index contributed by atoms with van der Waals surface area (Å²) in [5.41, 5.74) is 2.28. The van der Waals surface area contributed by atoms with E-state index in [1.165, 1.54) is 25.9 Å². The Morgan fingerprint density at radius 1 is 1.14 bits per heavy atom. The molecule has 0 spiro atoms. The average Bonchev–Trinajstić information content (AvgIpc) is 2.99. The highest BCUT2D eigenvalue weighted by Crippen LogP contribution is 2.18. The zero-order valence-corrected chi connectivity index (χ0v) is 12.7. The molecule has 2 aromatic rings. The number of piperidine rings is 1. The van der Waals surface area contributed by atoms with Crippen molar-refractivity contribution in [3.8, 4) is 5.69 Å². The van der Waals surface area contributed by atoms with Gasteiger partial charge in [0, 0.05) is 12.7 Å². The molecule has 1 fully saturated rings. The van der Waals surface area contributed by atoms with E-state index in [1.807, 2.05) is 29.9 Å². The molecular formula is C17H24N4. The van der Waals surface area contributed by atoms with E-state index in [0.717, 1.165) is 30.4 Å². The Labute approximate surface area is 126 Å². The van der Waals surface area contributed by atoms with Gasteiger partial charge in [-0.25, -0.2) is 4.68 Å². The summed E-state index contributed by atoms with van der Waals surface area (Å²) in [6.45, 7) is 4.48. The summed E-state index contributed by atoms with van der Waals surface area (Å²) < 4.78 is 1.96. The van der Waals surface area contributed by atoms with E-state index in [0.29, 0.717) is 0 Å².